The van der Waals surface area contributed by atoms with Crippen LogP contribution in [0.15, 0.2) is 18.2 Å². The number of hydrogen-bond acceptors (Lipinski definition) is 3. The lowest BCUT2D eigenvalue weighted by Gasteiger charge is -2.27. The molecule has 0 radical (unpaired) electrons. The maximum atomic E-state index is 13.4. The van der Waals surface area contributed by atoms with E-state index in [4.69, 9.17) is 5.26 Å². The Balaban J connectivity index is 2.67. The summed E-state index contributed by atoms with van der Waals surface area (Å²) in [6.45, 7) is 4.44. The normalized spacial score (nSPS) is 13.1. The first-order valence-electron chi connectivity index (χ1n) is 6.64. The lowest BCUT2D eigenvalue weighted by Crippen LogP contribution is -2.27. The molecule has 0 amide bonds. The molecule has 106 valence electrons. The Kier molecular flexibility index (Phi) is 4.05. The van der Waals surface area contributed by atoms with E-state index in [0.717, 1.165) is 11.3 Å². The highest BCUT2D eigenvalue weighted by Crippen LogP contribution is 2.29. The number of nitrogens with zero attached hydrogens (tertiary/aromatic N) is 4. The van der Waals surface area contributed by atoms with Gasteiger partial charge in [0, 0.05) is 6.07 Å². The van der Waals surface area contributed by atoms with E-state index in [1.54, 1.807) is 6.07 Å². The molecule has 1 aromatic carbocycles. The largest absolute Gasteiger partial charge is 0.313 e. The van der Waals surface area contributed by atoms with E-state index in [1.807, 2.05) is 18.7 Å². The van der Waals surface area contributed by atoms with E-state index in [2.05, 4.69) is 29.8 Å². The highest BCUT2D eigenvalue weighted by Gasteiger charge is 2.25. The first-order chi connectivity index (χ1) is 9.45. The van der Waals surface area contributed by atoms with Gasteiger partial charge in [-0.05, 0) is 32.1 Å². The molecule has 0 spiro atoms. The fraction of sp³-hybridized carbons (Fsp3) is 0.467. The van der Waals surface area contributed by atoms with Crippen molar-refractivity contribution in [3.8, 4) is 6.07 Å². The van der Waals surface area contributed by atoms with Gasteiger partial charge in [-0.3, -0.25) is 4.90 Å². The molecule has 5 heteroatoms. The van der Waals surface area contributed by atoms with E-state index in [1.165, 1.54) is 12.1 Å². The predicted octanol–water partition coefficient (Wildman–Crippen LogP) is 2.96. The summed E-state index contributed by atoms with van der Waals surface area (Å²) in [5, 5.41) is 9.05. The van der Waals surface area contributed by atoms with Crippen molar-refractivity contribution in [2.45, 2.75) is 26.4 Å². The fourth-order valence-corrected chi connectivity index (χ4v) is 2.71. The number of imidazole rings is 1. The Morgan fingerprint density at radius 2 is 2.10 bits per heavy atom. The van der Waals surface area contributed by atoms with Crippen LogP contribution in [-0.2, 0) is 6.54 Å². The summed E-state index contributed by atoms with van der Waals surface area (Å²) in [6, 6.07) is 6.75. The van der Waals surface area contributed by atoms with Gasteiger partial charge in [0.15, 0.2) is 0 Å². The van der Waals surface area contributed by atoms with Crippen molar-refractivity contribution in [2.75, 3.05) is 14.1 Å². The minimum absolute atomic E-state index is 0.0822. The van der Waals surface area contributed by atoms with E-state index in [9.17, 15) is 4.39 Å². The van der Waals surface area contributed by atoms with Crippen molar-refractivity contribution in [3.63, 3.8) is 0 Å². The molecule has 1 heterocycles. The highest BCUT2D eigenvalue weighted by molar-refractivity contribution is 5.76. The topological polar surface area (TPSA) is 44.9 Å². The van der Waals surface area contributed by atoms with Crippen LogP contribution in [0.3, 0.4) is 0 Å². The molecule has 0 saturated heterocycles. The third-order valence-corrected chi connectivity index (χ3v) is 3.42. The number of rotatable bonds is 4. The summed E-state index contributed by atoms with van der Waals surface area (Å²) in [5.74, 6) is 0.841. The Bertz CT molecular complexity index is 644. The van der Waals surface area contributed by atoms with E-state index in [-0.39, 0.29) is 18.4 Å². The van der Waals surface area contributed by atoms with Crippen LogP contribution in [0.25, 0.3) is 11.0 Å². The van der Waals surface area contributed by atoms with E-state index in [0.29, 0.717) is 11.4 Å². The average molecular weight is 274 g/mol. The molecular formula is C15H19FN4. The first-order valence-corrected chi connectivity index (χ1v) is 6.64. The molecule has 0 bridgehead atoms. The van der Waals surface area contributed by atoms with Gasteiger partial charge in [-0.25, -0.2) is 9.37 Å². The molecule has 1 atom stereocenters. The van der Waals surface area contributed by atoms with Crippen LogP contribution >= 0.6 is 0 Å². The Hall–Kier alpha value is -1.93. The number of nitriles is 1. The maximum Gasteiger partial charge on any atom is 0.128 e. The van der Waals surface area contributed by atoms with Gasteiger partial charge in [0.2, 0.25) is 0 Å². The molecule has 1 aromatic heterocycles. The predicted molar refractivity (Wildman–Crippen MR) is 76.6 cm³/mol. The molecule has 0 N–H and O–H groups in total. The molecule has 2 rings (SSSR count). The monoisotopic (exact) mass is 274 g/mol. The number of halogens is 1. The van der Waals surface area contributed by atoms with Gasteiger partial charge in [0.05, 0.1) is 23.1 Å². The lowest BCUT2D eigenvalue weighted by molar-refractivity contribution is 0.220. The number of hydrogen-bond donors (Lipinski definition) is 0. The lowest BCUT2D eigenvalue weighted by atomic mass is 10.0. The SMILES string of the molecule is CC(C)C(c1nc2cc(F)ccc2n1CC#N)N(C)C. The average Bonchev–Trinajstić information content (AvgIpc) is 2.67. The van der Waals surface area contributed by atoms with Crippen LogP contribution in [0.1, 0.15) is 25.7 Å². The number of benzene rings is 1. The second-order valence-corrected chi connectivity index (χ2v) is 5.50. The second kappa shape index (κ2) is 5.59. The van der Waals surface area contributed by atoms with Crippen LogP contribution in [0.4, 0.5) is 4.39 Å². The van der Waals surface area contributed by atoms with Gasteiger partial charge in [0.25, 0.3) is 0 Å². The van der Waals surface area contributed by atoms with Crippen molar-refractivity contribution >= 4 is 11.0 Å². The second-order valence-electron chi connectivity index (χ2n) is 5.50. The molecular weight excluding hydrogens is 255 g/mol. The third-order valence-electron chi connectivity index (χ3n) is 3.42. The van der Waals surface area contributed by atoms with Crippen LogP contribution in [-0.4, -0.2) is 28.5 Å². The van der Waals surface area contributed by atoms with Gasteiger partial charge in [-0.1, -0.05) is 13.8 Å². The molecule has 0 aliphatic carbocycles. The van der Waals surface area contributed by atoms with E-state index < -0.39 is 0 Å². The number of fused-ring (bicyclic) bond motifs is 1. The zero-order valence-electron chi connectivity index (χ0n) is 12.3. The Labute approximate surface area is 118 Å². The van der Waals surface area contributed by atoms with Crippen molar-refractivity contribution < 1.29 is 4.39 Å². The summed E-state index contributed by atoms with van der Waals surface area (Å²) in [5.41, 5.74) is 1.40. The maximum absolute atomic E-state index is 13.4. The summed E-state index contributed by atoms with van der Waals surface area (Å²) in [6.07, 6.45) is 0. The van der Waals surface area contributed by atoms with Crippen molar-refractivity contribution in [2.24, 2.45) is 5.92 Å². The van der Waals surface area contributed by atoms with Crippen LogP contribution < -0.4 is 0 Å². The molecule has 0 saturated carbocycles. The van der Waals surface area contributed by atoms with Gasteiger partial charge < -0.3 is 4.57 Å². The summed E-state index contributed by atoms with van der Waals surface area (Å²) in [7, 11) is 3.97. The molecule has 0 fully saturated rings. The smallest absolute Gasteiger partial charge is 0.128 e. The summed E-state index contributed by atoms with van der Waals surface area (Å²) < 4.78 is 15.2. The molecule has 0 aliphatic rings. The molecule has 2 aromatic rings. The molecule has 1 unspecified atom stereocenters. The van der Waals surface area contributed by atoms with Gasteiger partial charge in [-0.2, -0.15) is 5.26 Å². The summed E-state index contributed by atoms with van der Waals surface area (Å²) >= 11 is 0. The molecule has 0 aliphatic heterocycles. The van der Waals surface area contributed by atoms with Crippen LogP contribution in [0.2, 0.25) is 0 Å². The molecule has 20 heavy (non-hydrogen) atoms. The zero-order valence-corrected chi connectivity index (χ0v) is 12.3. The zero-order chi connectivity index (χ0) is 14.9. The molecule has 4 nitrogen and oxygen atoms in total. The van der Waals surface area contributed by atoms with E-state index >= 15 is 0 Å². The van der Waals surface area contributed by atoms with Crippen LogP contribution in [0, 0.1) is 23.1 Å². The highest BCUT2D eigenvalue weighted by atomic mass is 19.1. The van der Waals surface area contributed by atoms with Crippen LogP contribution in [0.5, 0.6) is 0 Å². The Morgan fingerprint density at radius 3 is 2.65 bits per heavy atom. The Morgan fingerprint density at radius 1 is 1.40 bits per heavy atom. The van der Waals surface area contributed by atoms with Gasteiger partial charge in [0.1, 0.15) is 18.2 Å². The first kappa shape index (κ1) is 14.5. The van der Waals surface area contributed by atoms with Crippen molar-refractivity contribution in [1.82, 2.24) is 14.5 Å². The fourth-order valence-electron chi connectivity index (χ4n) is 2.71. The number of aromatic nitrogens is 2. The minimum Gasteiger partial charge on any atom is -0.313 e. The summed E-state index contributed by atoms with van der Waals surface area (Å²) in [4.78, 5) is 6.64. The van der Waals surface area contributed by atoms with Crippen molar-refractivity contribution in [1.29, 1.82) is 5.26 Å². The standard InChI is InChI=1S/C15H19FN4/c1-10(2)14(19(3)4)15-18-12-9-11(16)5-6-13(12)20(15)8-7-17/h5-6,9-10,14H,8H2,1-4H3. The quantitative estimate of drug-likeness (QED) is 0.861. The van der Waals surface area contributed by atoms with Gasteiger partial charge in [-0.15, -0.1) is 0 Å². The third kappa shape index (κ3) is 2.52. The van der Waals surface area contributed by atoms with Gasteiger partial charge >= 0.3 is 0 Å². The van der Waals surface area contributed by atoms with Crippen molar-refractivity contribution in [3.05, 3.63) is 29.8 Å². The minimum atomic E-state index is -0.309.